The highest BCUT2D eigenvalue weighted by atomic mass is 16.6. The molecule has 1 fully saturated rings. The Labute approximate surface area is 426 Å². The van der Waals surface area contributed by atoms with Gasteiger partial charge in [-0.1, -0.05) is 0 Å². The Morgan fingerprint density at radius 1 is 0.437 bits per heavy atom. The summed E-state index contributed by atoms with van der Waals surface area (Å²) in [6, 6.07) is -0.795. The van der Waals surface area contributed by atoms with Crippen LogP contribution in [0.3, 0.4) is 0 Å². The van der Waals surface area contributed by atoms with Crippen LogP contribution in [-0.4, -0.2) is 221 Å². The molecule has 20 nitrogen and oxygen atoms in total. The minimum absolute atomic E-state index is 0.0126. The van der Waals surface area contributed by atoms with Crippen molar-refractivity contribution in [3.8, 4) is 0 Å². The zero-order valence-corrected chi connectivity index (χ0v) is 46.6. The molecule has 1 rings (SSSR count). The number of amides is 1. The van der Waals surface area contributed by atoms with Gasteiger partial charge in [0.2, 0.25) is 0 Å². The number of rotatable bonds is 27. The summed E-state index contributed by atoms with van der Waals surface area (Å²) in [5, 5.41) is 5.94. The van der Waals surface area contributed by atoms with Gasteiger partial charge in [0.1, 0.15) is 39.8 Å². The van der Waals surface area contributed by atoms with Crippen molar-refractivity contribution in [2.45, 2.75) is 164 Å². The third-order valence-corrected chi connectivity index (χ3v) is 9.90. The number of hydrogen-bond acceptors (Lipinski definition) is 19. The van der Waals surface area contributed by atoms with E-state index in [-0.39, 0.29) is 44.2 Å². The fourth-order valence-corrected chi connectivity index (χ4v) is 7.01. The van der Waals surface area contributed by atoms with E-state index in [0.717, 1.165) is 0 Å². The van der Waals surface area contributed by atoms with Crippen LogP contribution in [0.4, 0.5) is 4.79 Å². The summed E-state index contributed by atoms with van der Waals surface area (Å²) in [5.74, 6) is -1.62. The van der Waals surface area contributed by atoms with Crippen molar-refractivity contribution in [1.29, 1.82) is 0 Å². The van der Waals surface area contributed by atoms with Crippen molar-refractivity contribution in [2.24, 2.45) is 0 Å². The second kappa shape index (κ2) is 32.6. The van der Waals surface area contributed by atoms with Gasteiger partial charge in [0.15, 0.2) is 0 Å². The zero-order chi connectivity index (χ0) is 53.9. The highest BCUT2D eigenvalue weighted by Crippen LogP contribution is 2.18. The van der Waals surface area contributed by atoms with E-state index in [1.54, 1.807) is 41.5 Å². The maximum atomic E-state index is 14.1. The maximum absolute atomic E-state index is 14.1. The number of ether oxygens (including phenoxy) is 8. The number of hydrogen-bond donors (Lipinski definition) is 2. The highest BCUT2D eigenvalue weighted by molar-refractivity contribution is 5.81. The first kappa shape index (κ1) is 65.5. The smallest absolute Gasteiger partial charge is 0.407 e. The molecule has 1 atom stereocenters. The first-order valence-electron chi connectivity index (χ1n) is 25.5. The van der Waals surface area contributed by atoms with E-state index < -0.39 is 58.0 Å². The highest BCUT2D eigenvalue weighted by Gasteiger charge is 2.33. The van der Waals surface area contributed by atoms with Crippen molar-refractivity contribution in [1.82, 2.24) is 30.2 Å². The fourth-order valence-electron chi connectivity index (χ4n) is 7.01. The zero-order valence-electron chi connectivity index (χ0n) is 46.6. The van der Waals surface area contributed by atoms with Crippen LogP contribution in [0.15, 0.2) is 0 Å². The van der Waals surface area contributed by atoms with Crippen LogP contribution in [0.5, 0.6) is 0 Å². The minimum Gasteiger partial charge on any atom is -0.459 e. The SMILES string of the molecule is CC(C)(C)OC(=O)CN1CCN(CC(=O)OC(C)(C)C)CCN(C(CCC(=O)CCCNCCOCCOCCOCCNC(=O)OC(C)(C)C)C(=O)OC(C)(C)C)CCN(CC(=O)OC(C)(C)C)CC1. The number of esters is 4. The average Bonchev–Trinajstić information content (AvgIpc) is 3.17. The van der Waals surface area contributed by atoms with Crippen molar-refractivity contribution >= 4 is 35.8 Å². The van der Waals surface area contributed by atoms with Gasteiger partial charge in [-0.3, -0.25) is 43.6 Å². The molecular formula is C51H96N6O14. The summed E-state index contributed by atoms with van der Waals surface area (Å²) >= 11 is 0. The van der Waals surface area contributed by atoms with Crippen LogP contribution in [0.2, 0.25) is 0 Å². The first-order chi connectivity index (χ1) is 32.8. The third kappa shape index (κ3) is 37.8. The Kier molecular flexibility index (Phi) is 30.1. The minimum atomic E-state index is -0.795. The number of carbonyl (C=O) groups excluding carboxylic acids is 6. The lowest BCUT2D eigenvalue weighted by Gasteiger charge is -2.37. The third-order valence-electron chi connectivity index (χ3n) is 9.90. The van der Waals surface area contributed by atoms with Crippen molar-refractivity contribution in [2.75, 3.05) is 131 Å². The van der Waals surface area contributed by atoms with Gasteiger partial charge in [-0.05, 0) is 123 Å². The lowest BCUT2D eigenvalue weighted by atomic mass is 10.0. The molecule has 1 heterocycles. The molecule has 0 aromatic carbocycles. The summed E-state index contributed by atoms with van der Waals surface area (Å²) in [6.45, 7) is 34.1. The molecule has 0 aromatic rings. The standard InChI is InChI=1S/C51H96N6O14/c1-47(2,3)67-42(59)37-54-23-25-55(38-43(60)68-48(4,5)6)27-29-57(30-28-56(26-24-54)39-44(61)69-49(7,8)9)41(45(62)70-50(10,11)12)19-18-40(58)17-16-20-52-21-31-64-33-35-66-36-34-65-32-22-53-46(63)71-51(13,14)15/h41,52H,16-39H2,1-15H3,(H,53,63). The van der Waals surface area contributed by atoms with E-state index >= 15 is 0 Å². The van der Waals surface area contributed by atoms with Gasteiger partial charge in [-0.15, -0.1) is 0 Å². The van der Waals surface area contributed by atoms with E-state index in [1.807, 2.05) is 81.9 Å². The Hall–Kier alpha value is -3.50. The lowest BCUT2D eigenvalue weighted by molar-refractivity contribution is -0.163. The van der Waals surface area contributed by atoms with E-state index in [2.05, 4.69) is 10.6 Å². The van der Waals surface area contributed by atoms with Crippen LogP contribution in [0.1, 0.15) is 130 Å². The number of nitrogens with one attached hydrogen (secondary N) is 2. The number of ketones is 1. The predicted octanol–water partition coefficient (Wildman–Crippen LogP) is 4.24. The number of alkyl carbamates (subject to hydrolysis) is 1. The monoisotopic (exact) mass is 1020 g/mol. The Balaban J connectivity index is 2.97. The molecule has 1 saturated heterocycles. The number of Topliss-reactive ketones (excluding diaryl/α,β-unsaturated/α-hetero) is 1. The average molecular weight is 1020 g/mol. The Morgan fingerprint density at radius 2 is 0.803 bits per heavy atom. The molecule has 0 spiro atoms. The predicted molar refractivity (Wildman–Crippen MR) is 271 cm³/mol. The van der Waals surface area contributed by atoms with Gasteiger partial charge < -0.3 is 48.5 Å². The molecule has 1 unspecified atom stereocenters. The van der Waals surface area contributed by atoms with E-state index in [4.69, 9.17) is 37.9 Å². The Bertz CT molecular complexity index is 1540. The van der Waals surface area contributed by atoms with Gasteiger partial charge in [-0.2, -0.15) is 0 Å². The second-order valence-electron chi connectivity index (χ2n) is 22.9. The lowest BCUT2D eigenvalue weighted by Crippen LogP contribution is -2.53. The molecule has 0 bridgehead atoms. The molecule has 0 saturated carbocycles. The first-order valence-corrected chi connectivity index (χ1v) is 25.5. The van der Waals surface area contributed by atoms with Crippen LogP contribution < -0.4 is 10.6 Å². The normalized spacial score (nSPS) is 16.3. The topological polar surface area (TPSA) is 213 Å². The summed E-state index contributed by atoms with van der Waals surface area (Å²) in [5.41, 5.74) is -3.42. The van der Waals surface area contributed by atoms with Gasteiger partial charge in [0, 0.05) is 78.3 Å². The molecular weight excluding hydrogens is 921 g/mol. The van der Waals surface area contributed by atoms with Gasteiger partial charge in [0.05, 0.1) is 59.3 Å². The molecule has 1 aliphatic rings. The van der Waals surface area contributed by atoms with Gasteiger partial charge in [0.25, 0.3) is 0 Å². The molecule has 0 aliphatic carbocycles. The van der Waals surface area contributed by atoms with E-state index in [9.17, 15) is 28.8 Å². The van der Waals surface area contributed by atoms with Crippen LogP contribution in [0, 0.1) is 0 Å². The van der Waals surface area contributed by atoms with Gasteiger partial charge >= 0.3 is 30.0 Å². The largest absolute Gasteiger partial charge is 0.459 e. The van der Waals surface area contributed by atoms with E-state index in [1.165, 1.54) is 0 Å². The summed E-state index contributed by atoms with van der Waals surface area (Å²) in [4.78, 5) is 86.7. The fraction of sp³-hybridized carbons (Fsp3) is 0.882. The number of nitrogens with zero attached hydrogens (tertiary/aromatic N) is 4. The van der Waals surface area contributed by atoms with Gasteiger partial charge in [-0.25, -0.2) is 4.79 Å². The molecule has 1 aliphatic heterocycles. The second-order valence-corrected chi connectivity index (χ2v) is 22.9. The van der Waals surface area contributed by atoms with Crippen LogP contribution in [-0.2, 0) is 61.9 Å². The van der Waals surface area contributed by atoms with Crippen molar-refractivity contribution < 1.29 is 66.7 Å². The van der Waals surface area contributed by atoms with Crippen molar-refractivity contribution in [3.63, 3.8) is 0 Å². The van der Waals surface area contributed by atoms with Crippen LogP contribution >= 0.6 is 0 Å². The van der Waals surface area contributed by atoms with E-state index in [0.29, 0.717) is 124 Å². The summed E-state index contributed by atoms with van der Waals surface area (Å²) < 4.78 is 44.9. The quantitative estimate of drug-likeness (QED) is 0.0669. The van der Waals surface area contributed by atoms with Crippen LogP contribution in [0.25, 0.3) is 0 Å². The molecule has 0 aromatic heterocycles. The molecule has 71 heavy (non-hydrogen) atoms. The molecule has 1 amide bonds. The van der Waals surface area contributed by atoms with Crippen molar-refractivity contribution in [3.05, 3.63) is 0 Å². The molecule has 2 N–H and O–H groups in total. The number of carbonyl (C=O) groups is 6. The summed E-state index contributed by atoms with van der Waals surface area (Å²) in [7, 11) is 0. The summed E-state index contributed by atoms with van der Waals surface area (Å²) in [6.07, 6.45) is 0.831. The maximum Gasteiger partial charge on any atom is 0.407 e. The molecule has 414 valence electrons. The Morgan fingerprint density at radius 3 is 1.20 bits per heavy atom. The molecule has 20 heteroatoms. The molecule has 0 radical (unpaired) electrons.